The molecule has 1 unspecified atom stereocenters. The molecule has 0 saturated carbocycles. The Labute approximate surface area is 155 Å². The number of hydrogen-bond acceptors (Lipinski definition) is 6. The molecular weight excluding hydrogens is 348 g/mol. The summed E-state index contributed by atoms with van der Waals surface area (Å²) in [6, 6.07) is 15.7. The second kappa shape index (κ2) is 6.31. The van der Waals surface area contributed by atoms with E-state index in [-0.39, 0.29) is 11.8 Å². The van der Waals surface area contributed by atoms with E-state index in [2.05, 4.69) is 4.98 Å². The molecule has 3 aromatic rings. The van der Waals surface area contributed by atoms with Gasteiger partial charge >= 0.3 is 11.8 Å². The SMILES string of the molecule is CC1(COc2ccc(-c3ccc(N)cc3)cc2)Cn2cc([N+](=O)[O-])nc2O1. The van der Waals surface area contributed by atoms with Crippen LogP contribution < -0.4 is 15.2 Å². The Hall–Kier alpha value is -3.55. The van der Waals surface area contributed by atoms with Crippen LogP contribution in [0, 0.1) is 10.1 Å². The molecule has 4 rings (SSSR count). The van der Waals surface area contributed by atoms with E-state index in [4.69, 9.17) is 15.2 Å². The lowest BCUT2D eigenvalue weighted by atomic mass is 10.1. The van der Waals surface area contributed by atoms with Crippen molar-refractivity contribution in [3.05, 3.63) is 64.8 Å². The van der Waals surface area contributed by atoms with Crippen LogP contribution in [-0.4, -0.2) is 26.7 Å². The van der Waals surface area contributed by atoms with Crippen molar-refractivity contribution >= 4 is 11.5 Å². The number of rotatable bonds is 5. The molecular formula is C19H18N4O4. The van der Waals surface area contributed by atoms with Crippen LogP contribution in [0.25, 0.3) is 11.1 Å². The molecule has 0 aliphatic carbocycles. The molecule has 0 spiro atoms. The van der Waals surface area contributed by atoms with E-state index in [1.54, 1.807) is 4.57 Å². The first-order valence-corrected chi connectivity index (χ1v) is 8.41. The van der Waals surface area contributed by atoms with Gasteiger partial charge in [-0.2, -0.15) is 0 Å². The Bertz CT molecular complexity index is 956. The van der Waals surface area contributed by atoms with E-state index in [0.717, 1.165) is 22.6 Å². The molecule has 0 radical (unpaired) electrons. The van der Waals surface area contributed by atoms with E-state index >= 15 is 0 Å². The molecule has 2 N–H and O–H groups in total. The molecule has 0 bridgehead atoms. The standard InChI is InChI=1S/C19H18N4O4/c1-19(11-22-10-17(23(24)25)21-18(22)27-19)12-26-16-8-4-14(5-9-16)13-2-6-15(20)7-3-13/h2-10H,11-12,20H2,1H3. The first-order chi connectivity index (χ1) is 12.9. The van der Waals surface area contributed by atoms with Crippen LogP contribution in [-0.2, 0) is 6.54 Å². The van der Waals surface area contributed by atoms with E-state index in [1.165, 1.54) is 6.20 Å². The number of anilines is 1. The van der Waals surface area contributed by atoms with Gasteiger partial charge in [0.1, 0.15) is 18.6 Å². The third kappa shape index (κ3) is 3.41. The van der Waals surface area contributed by atoms with Crippen LogP contribution in [0.5, 0.6) is 11.8 Å². The smallest absolute Gasteiger partial charge is 0.415 e. The second-order valence-corrected chi connectivity index (χ2v) is 6.75. The summed E-state index contributed by atoms with van der Waals surface area (Å²) in [6.45, 7) is 2.62. The summed E-state index contributed by atoms with van der Waals surface area (Å²) >= 11 is 0. The van der Waals surface area contributed by atoms with Crippen LogP contribution in [0.15, 0.2) is 54.7 Å². The maximum Gasteiger partial charge on any atom is 0.415 e. The van der Waals surface area contributed by atoms with Gasteiger partial charge in [-0.15, -0.1) is 0 Å². The number of nitrogens with two attached hydrogens (primary N) is 1. The zero-order valence-electron chi connectivity index (χ0n) is 14.7. The summed E-state index contributed by atoms with van der Waals surface area (Å²) in [5.74, 6) is 0.501. The van der Waals surface area contributed by atoms with Crippen molar-refractivity contribution < 1.29 is 14.4 Å². The van der Waals surface area contributed by atoms with Crippen molar-refractivity contribution in [2.24, 2.45) is 0 Å². The number of nitrogen functional groups attached to an aromatic ring is 1. The van der Waals surface area contributed by atoms with Gasteiger partial charge in [0.15, 0.2) is 5.60 Å². The maximum absolute atomic E-state index is 10.8. The van der Waals surface area contributed by atoms with Crippen molar-refractivity contribution in [3.8, 4) is 22.9 Å². The van der Waals surface area contributed by atoms with E-state index in [9.17, 15) is 10.1 Å². The Morgan fingerprint density at radius 1 is 1.22 bits per heavy atom. The maximum atomic E-state index is 10.8. The normalized spacial score (nSPS) is 18.0. The number of imidazole rings is 1. The number of hydrogen-bond donors (Lipinski definition) is 1. The fraction of sp³-hybridized carbons (Fsp3) is 0.211. The molecule has 8 heteroatoms. The third-order valence-corrected chi connectivity index (χ3v) is 4.40. The number of aromatic nitrogens is 2. The largest absolute Gasteiger partial charge is 0.489 e. The van der Waals surface area contributed by atoms with Crippen LogP contribution in [0.4, 0.5) is 11.5 Å². The lowest BCUT2D eigenvalue weighted by Gasteiger charge is -2.22. The molecule has 1 aliphatic heterocycles. The summed E-state index contributed by atoms with van der Waals surface area (Å²) in [5.41, 5.74) is 7.96. The highest BCUT2D eigenvalue weighted by atomic mass is 16.6. The van der Waals surface area contributed by atoms with Crippen molar-refractivity contribution in [3.63, 3.8) is 0 Å². The summed E-state index contributed by atoms with van der Waals surface area (Å²) < 4.78 is 13.3. The molecule has 0 fully saturated rings. The van der Waals surface area contributed by atoms with Crippen LogP contribution >= 0.6 is 0 Å². The number of fused-ring (bicyclic) bond motifs is 1. The molecule has 1 aliphatic rings. The molecule has 0 amide bonds. The first kappa shape index (κ1) is 16.9. The highest BCUT2D eigenvalue weighted by Gasteiger charge is 2.41. The summed E-state index contributed by atoms with van der Waals surface area (Å²) in [6.07, 6.45) is 1.38. The molecule has 138 valence electrons. The predicted molar refractivity (Wildman–Crippen MR) is 99.7 cm³/mol. The number of nitro groups is 1. The fourth-order valence-electron chi connectivity index (χ4n) is 3.01. The Morgan fingerprint density at radius 3 is 2.44 bits per heavy atom. The molecule has 1 atom stereocenters. The average Bonchev–Trinajstić information content (AvgIpc) is 3.17. The number of ether oxygens (including phenoxy) is 2. The van der Waals surface area contributed by atoms with Gasteiger partial charge in [-0.05, 0) is 47.2 Å². The van der Waals surface area contributed by atoms with E-state index in [0.29, 0.717) is 13.2 Å². The average molecular weight is 366 g/mol. The summed E-state index contributed by atoms with van der Waals surface area (Å²) in [7, 11) is 0. The zero-order valence-corrected chi connectivity index (χ0v) is 14.7. The fourth-order valence-corrected chi connectivity index (χ4v) is 3.01. The van der Waals surface area contributed by atoms with Gasteiger partial charge in [0, 0.05) is 10.7 Å². The second-order valence-electron chi connectivity index (χ2n) is 6.75. The summed E-state index contributed by atoms with van der Waals surface area (Å²) in [4.78, 5) is 14.1. The Balaban J connectivity index is 1.39. The Kier molecular flexibility index (Phi) is 3.95. The van der Waals surface area contributed by atoms with Gasteiger partial charge in [0.25, 0.3) is 0 Å². The lowest BCUT2D eigenvalue weighted by molar-refractivity contribution is -0.389. The molecule has 2 aromatic carbocycles. The van der Waals surface area contributed by atoms with Gasteiger partial charge in [-0.1, -0.05) is 24.3 Å². The molecule has 1 aromatic heterocycles. The van der Waals surface area contributed by atoms with Crippen molar-refractivity contribution in [2.75, 3.05) is 12.3 Å². The first-order valence-electron chi connectivity index (χ1n) is 8.41. The molecule has 27 heavy (non-hydrogen) atoms. The van der Waals surface area contributed by atoms with Gasteiger partial charge < -0.3 is 25.3 Å². The van der Waals surface area contributed by atoms with Gasteiger partial charge in [0.05, 0.1) is 6.54 Å². The predicted octanol–water partition coefficient (Wildman–Crippen LogP) is 3.27. The highest BCUT2D eigenvalue weighted by molar-refractivity contribution is 5.66. The van der Waals surface area contributed by atoms with Crippen LogP contribution in [0.1, 0.15) is 6.92 Å². The molecule has 0 saturated heterocycles. The zero-order chi connectivity index (χ0) is 19.0. The lowest BCUT2D eigenvalue weighted by Crippen LogP contribution is -2.38. The van der Waals surface area contributed by atoms with Crippen molar-refractivity contribution in [1.29, 1.82) is 0 Å². The third-order valence-electron chi connectivity index (χ3n) is 4.40. The van der Waals surface area contributed by atoms with E-state index in [1.807, 2.05) is 55.5 Å². The summed E-state index contributed by atoms with van der Waals surface area (Å²) in [5, 5.41) is 10.8. The van der Waals surface area contributed by atoms with Crippen molar-refractivity contribution in [1.82, 2.24) is 9.55 Å². The topological polar surface area (TPSA) is 105 Å². The number of benzene rings is 2. The molecule has 8 nitrogen and oxygen atoms in total. The van der Waals surface area contributed by atoms with Crippen molar-refractivity contribution in [2.45, 2.75) is 19.1 Å². The Morgan fingerprint density at radius 2 is 1.85 bits per heavy atom. The van der Waals surface area contributed by atoms with Gasteiger partial charge in [-0.3, -0.25) is 4.57 Å². The van der Waals surface area contributed by atoms with Gasteiger partial charge in [-0.25, -0.2) is 0 Å². The quantitative estimate of drug-likeness (QED) is 0.422. The van der Waals surface area contributed by atoms with Crippen LogP contribution in [0.2, 0.25) is 0 Å². The van der Waals surface area contributed by atoms with Crippen LogP contribution in [0.3, 0.4) is 0 Å². The van der Waals surface area contributed by atoms with Gasteiger partial charge in [0.2, 0.25) is 0 Å². The number of nitrogens with zero attached hydrogens (tertiary/aromatic N) is 3. The minimum absolute atomic E-state index is 0.216. The molecule has 2 heterocycles. The monoisotopic (exact) mass is 366 g/mol. The minimum Gasteiger partial charge on any atom is -0.489 e. The highest BCUT2D eigenvalue weighted by Crippen LogP contribution is 2.31. The van der Waals surface area contributed by atoms with E-state index < -0.39 is 10.5 Å². The minimum atomic E-state index is -0.632.